The number of unbranched alkanes of at least 4 members (excludes halogenated alkanes) is 5. The first-order valence-electron chi connectivity index (χ1n) is 15.4. The monoisotopic (exact) mass is 532 g/mol. The Morgan fingerprint density at radius 3 is 1.10 bits per heavy atom. The zero-order valence-corrected chi connectivity index (χ0v) is 24.7. The van der Waals surface area contributed by atoms with Crippen molar-refractivity contribution in [1.82, 2.24) is 0 Å². The Morgan fingerprint density at radius 1 is 0.400 bits per heavy atom. The number of nitrogen functional groups attached to an aromatic ring is 2. The number of benzene rings is 4. The van der Waals surface area contributed by atoms with Gasteiger partial charge < -0.3 is 11.5 Å². The molecule has 0 spiro atoms. The Bertz CT molecular complexity index is 1210. The van der Waals surface area contributed by atoms with E-state index < -0.39 is 0 Å². The lowest BCUT2D eigenvalue weighted by molar-refractivity contribution is 0.594. The molecule has 0 aliphatic heterocycles. The molecule has 40 heavy (non-hydrogen) atoms. The average Bonchev–Trinajstić information content (AvgIpc) is 2.98. The number of hydrogen-bond acceptors (Lipinski definition) is 2. The molecular formula is C38H48N2. The van der Waals surface area contributed by atoms with Crippen molar-refractivity contribution in [3.63, 3.8) is 0 Å². The van der Waals surface area contributed by atoms with Crippen LogP contribution in [0.5, 0.6) is 0 Å². The number of hydrogen-bond donors (Lipinski definition) is 2. The molecule has 0 aromatic heterocycles. The van der Waals surface area contributed by atoms with Gasteiger partial charge in [0.2, 0.25) is 0 Å². The fraction of sp³-hybridized carbons (Fsp3) is 0.368. The highest BCUT2D eigenvalue weighted by atomic mass is 14.6. The molecule has 4 aromatic carbocycles. The van der Waals surface area contributed by atoms with Crippen molar-refractivity contribution in [1.29, 1.82) is 0 Å². The maximum Gasteiger partial charge on any atom is 0.0346 e. The van der Waals surface area contributed by atoms with Crippen LogP contribution in [0.3, 0.4) is 0 Å². The number of aryl methyl sites for hydroxylation is 4. The average molecular weight is 533 g/mol. The highest BCUT2D eigenvalue weighted by molar-refractivity contribution is 5.50. The highest BCUT2D eigenvalue weighted by Gasteiger charge is 2.04. The smallest absolute Gasteiger partial charge is 0.0346 e. The summed E-state index contributed by atoms with van der Waals surface area (Å²) in [5.41, 5.74) is 24.8. The summed E-state index contributed by atoms with van der Waals surface area (Å²) in [7, 11) is 0. The fourth-order valence-corrected chi connectivity index (χ4v) is 5.63. The molecule has 0 saturated heterocycles. The first-order valence-corrected chi connectivity index (χ1v) is 15.4. The molecular weight excluding hydrogens is 484 g/mol. The number of rotatable bonds is 15. The van der Waals surface area contributed by atoms with Gasteiger partial charge in [0, 0.05) is 11.4 Å². The van der Waals surface area contributed by atoms with E-state index in [2.05, 4.69) is 86.6 Å². The van der Waals surface area contributed by atoms with Crippen LogP contribution in [0.25, 0.3) is 0 Å². The van der Waals surface area contributed by atoms with Crippen molar-refractivity contribution in [3.05, 3.63) is 129 Å². The molecule has 0 bridgehead atoms. The minimum absolute atomic E-state index is 0.906. The lowest BCUT2D eigenvalue weighted by Gasteiger charge is -2.09. The van der Waals surface area contributed by atoms with Crippen LogP contribution in [-0.2, 0) is 38.5 Å². The van der Waals surface area contributed by atoms with E-state index in [1.165, 1.54) is 95.9 Å². The van der Waals surface area contributed by atoms with E-state index >= 15 is 0 Å². The van der Waals surface area contributed by atoms with E-state index in [9.17, 15) is 0 Å². The molecule has 0 heterocycles. The van der Waals surface area contributed by atoms with Crippen molar-refractivity contribution >= 4 is 11.4 Å². The summed E-state index contributed by atoms with van der Waals surface area (Å²) >= 11 is 0. The first-order chi connectivity index (χ1) is 19.5. The Kier molecular flexibility index (Phi) is 11.3. The van der Waals surface area contributed by atoms with Crippen LogP contribution < -0.4 is 11.5 Å². The fourth-order valence-electron chi connectivity index (χ4n) is 5.63. The summed E-state index contributed by atoms with van der Waals surface area (Å²) in [5.74, 6) is 0. The summed E-state index contributed by atoms with van der Waals surface area (Å²) in [6, 6.07) is 31.4. The molecule has 210 valence electrons. The Balaban J connectivity index is 1.08. The van der Waals surface area contributed by atoms with Crippen molar-refractivity contribution in [2.24, 2.45) is 0 Å². The van der Waals surface area contributed by atoms with E-state index in [0.29, 0.717) is 0 Å². The molecule has 0 fully saturated rings. The van der Waals surface area contributed by atoms with Crippen molar-refractivity contribution in [2.75, 3.05) is 11.5 Å². The number of nitrogens with two attached hydrogens (primary N) is 2. The van der Waals surface area contributed by atoms with Crippen LogP contribution in [0, 0.1) is 0 Å². The third kappa shape index (κ3) is 9.01. The molecule has 0 aliphatic rings. The molecule has 2 heteroatoms. The summed E-state index contributed by atoms with van der Waals surface area (Å²) in [4.78, 5) is 0. The molecule has 4 N–H and O–H groups in total. The van der Waals surface area contributed by atoms with Gasteiger partial charge in [-0.1, -0.05) is 112 Å². The molecule has 0 radical (unpaired) electrons. The number of anilines is 2. The SMILES string of the molecule is CCc1cc(Cc2ccc(CCCCCCCCc3ccc(Cc4ccc(N)c(CC)c4)cc3)cc2)ccc1N. The van der Waals surface area contributed by atoms with Crippen molar-refractivity contribution in [3.8, 4) is 0 Å². The minimum atomic E-state index is 0.906. The maximum atomic E-state index is 6.06. The van der Waals surface area contributed by atoms with Gasteiger partial charge in [0.15, 0.2) is 0 Å². The van der Waals surface area contributed by atoms with E-state index in [0.717, 1.165) is 37.1 Å². The van der Waals surface area contributed by atoms with Gasteiger partial charge in [-0.2, -0.15) is 0 Å². The molecule has 0 aliphatic carbocycles. The third-order valence-corrected chi connectivity index (χ3v) is 8.22. The molecule has 2 nitrogen and oxygen atoms in total. The van der Waals surface area contributed by atoms with Gasteiger partial charge in [0.05, 0.1) is 0 Å². The summed E-state index contributed by atoms with van der Waals surface area (Å²) in [6.45, 7) is 4.33. The van der Waals surface area contributed by atoms with Gasteiger partial charge in [0.25, 0.3) is 0 Å². The zero-order valence-electron chi connectivity index (χ0n) is 24.7. The normalized spacial score (nSPS) is 11.2. The van der Waals surface area contributed by atoms with Gasteiger partial charge >= 0.3 is 0 Å². The van der Waals surface area contributed by atoms with E-state index in [1.807, 2.05) is 12.1 Å². The largest absolute Gasteiger partial charge is 0.399 e. The summed E-state index contributed by atoms with van der Waals surface area (Å²) in [6.07, 6.45) is 14.2. The minimum Gasteiger partial charge on any atom is -0.399 e. The Labute approximate surface area is 242 Å². The molecule has 4 rings (SSSR count). The Morgan fingerprint density at radius 2 is 0.725 bits per heavy atom. The van der Waals surface area contributed by atoms with Crippen LogP contribution in [-0.4, -0.2) is 0 Å². The quantitative estimate of drug-likeness (QED) is 0.118. The van der Waals surface area contributed by atoms with E-state index in [4.69, 9.17) is 11.5 Å². The second-order valence-corrected chi connectivity index (χ2v) is 11.4. The zero-order chi connectivity index (χ0) is 28.2. The standard InChI is InChI=1S/C38H48N2/c1-3-35-27-33(21-23-37(35)39)25-31-17-13-29(14-18-31)11-9-7-5-6-8-10-12-30-15-19-32(20-16-30)26-34-22-24-38(40)36(4-2)28-34/h13-24,27-28H,3-12,25-26,39-40H2,1-2H3. The third-order valence-electron chi connectivity index (χ3n) is 8.22. The molecule has 0 unspecified atom stereocenters. The maximum absolute atomic E-state index is 6.06. The van der Waals surface area contributed by atoms with Gasteiger partial charge in [-0.05, 0) is 108 Å². The lowest BCUT2D eigenvalue weighted by Crippen LogP contribution is -1.96. The summed E-state index contributed by atoms with van der Waals surface area (Å²) in [5, 5.41) is 0. The highest BCUT2D eigenvalue weighted by Crippen LogP contribution is 2.20. The van der Waals surface area contributed by atoms with Crippen LogP contribution in [0.2, 0.25) is 0 Å². The second kappa shape index (κ2) is 15.3. The summed E-state index contributed by atoms with van der Waals surface area (Å²) < 4.78 is 0. The Hall–Kier alpha value is -3.52. The lowest BCUT2D eigenvalue weighted by atomic mass is 9.98. The predicted octanol–water partition coefficient (Wildman–Crippen LogP) is 9.28. The van der Waals surface area contributed by atoms with Crippen LogP contribution in [0.15, 0.2) is 84.9 Å². The second-order valence-electron chi connectivity index (χ2n) is 11.4. The van der Waals surface area contributed by atoms with Crippen LogP contribution in [0.4, 0.5) is 11.4 Å². The van der Waals surface area contributed by atoms with Gasteiger partial charge in [-0.3, -0.25) is 0 Å². The van der Waals surface area contributed by atoms with Crippen molar-refractivity contribution < 1.29 is 0 Å². The molecule has 0 atom stereocenters. The van der Waals surface area contributed by atoms with Gasteiger partial charge in [-0.25, -0.2) is 0 Å². The molecule has 0 amide bonds. The molecule has 4 aromatic rings. The van der Waals surface area contributed by atoms with E-state index in [1.54, 1.807) is 0 Å². The topological polar surface area (TPSA) is 52.0 Å². The van der Waals surface area contributed by atoms with Crippen molar-refractivity contribution in [2.45, 2.75) is 90.9 Å². The molecule has 0 saturated carbocycles. The van der Waals surface area contributed by atoms with Gasteiger partial charge in [0.1, 0.15) is 0 Å². The first kappa shape index (κ1) is 29.5. The van der Waals surface area contributed by atoms with Gasteiger partial charge in [-0.15, -0.1) is 0 Å². The van der Waals surface area contributed by atoms with Crippen LogP contribution >= 0.6 is 0 Å². The van der Waals surface area contributed by atoms with E-state index in [-0.39, 0.29) is 0 Å². The predicted molar refractivity (Wildman–Crippen MR) is 174 cm³/mol. The van der Waals surface area contributed by atoms with Crippen LogP contribution in [0.1, 0.15) is 96.9 Å².